The molecule has 1 atom stereocenters. The van der Waals surface area contributed by atoms with Gasteiger partial charge in [-0.1, -0.05) is 48.5 Å². The molecule has 4 heteroatoms. The molecule has 0 saturated heterocycles. The molecule has 0 aromatic heterocycles. The van der Waals surface area contributed by atoms with Gasteiger partial charge in [-0.05, 0) is 47.9 Å². The second-order valence-electron chi connectivity index (χ2n) is 6.60. The summed E-state index contributed by atoms with van der Waals surface area (Å²) >= 11 is 0. The van der Waals surface area contributed by atoms with E-state index < -0.39 is 5.54 Å². The lowest BCUT2D eigenvalue weighted by Gasteiger charge is -2.27. The lowest BCUT2D eigenvalue weighted by atomic mass is 9.80. The molecule has 122 valence electrons. The molecular formula is C20H21N3O. The van der Waals surface area contributed by atoms with Gasteiger partial charge in [-0.3, -0.25) is 9.69 Å². The van der Waals surface area contributed by atoms with E-state index in [1.165, 1.54) is 28.9 Å². The van der Waals surface area contributed by atoms with Crippen molar-refractivity contribution in [1.29, 1.82) is 0 Å². The summed E-state index contributed by atoms with van der Waals surface area (Å²) in [5.74, 6) is 0.170. The number of nitrogens with two attached hydrogens (primary N) is 1. The Labute approximate surface area is 142 Å². The van der Waals surface area contributed by atoms with Gasteiger partial charge in [-0.15, -0.1) is 0 Å². The number of guanidine groups is 1. The van der Waals surface area contributed by atoms with Crippen LogP contribution in [0.3, 0.4) is 0 Å². The van der Waals surface area contributed by atoms with Crippen LogP contribution < -0.4 is 5.73 Å². The molecule has 4 rings (SSSR count). The molecule has 0 saturated carbocycles. The second-order valence-corrected chi connectivity index (χ2v) is 6.60. The van der Waals surface area contributed by atoms with Crippen LogP contribution in [-0.2, 0) is 23.2 Å². The Kier molecular flexibility index (Phi) is 3.41. The summed E-state index contributed by atoms with van der Waals surface area (Å²) in [6.07, 6.45) is 4.63. The minimum Gasteiger partial charge on any atom is -0.369 e. The molecule has 0 bridgehead atoms. The highest BCUT2D eigenvalue weighted by atomic mass is 16.2. The minimum absolute atomic E-state index is 0.0954. The minimum atomic E-state index is -1.06. The molecule has 24 heavy (non-hydrogen) atoms. The van der Waals surface area contributed by atoms with Crippen LogP contribution >= 0.6 is 0 Å². The van der Waals surface area contributed by atoms with E-state index in [4.69, 9.17) is 5.73 Å². The molecular weight excluding hydrogens is 298 g/mol. The maximum atomic E-state index is 13.1. The topological polar surface area (TPSA) is 58.7 Å². The summed E-state index contributed by atoms with van der Waals surface area (Å²) in [4.78, 5) is 19.2. The quantitative estimate of drug-likeness (QED) is 0.925. The summed E-state index contributed by atoms with van der Waals surface area (Å²) in [7, 11) is 1.68. The normalized spacial score (nSPS) is 23.1. The average Bonchev–Trinajstić information content (AvgIpc) is 2.87. The molecule has 1 amide bonds. The lowest BCUT2D eigenvalue weighted by molar-refractivity contribution is -0.129. The highest BCUT2D eigenvalue weighted by molar-refractivity contribution is 6.08. The van der Waals surface area contributed by atoms with Crippen molar-refractivity contribution in [2.24, 2.45) is 10.7 Å². The number of amides is 1. The Bertz CT molecular complexity index is 828. The highest BCUT2D eigenvalue weighted by Crippen LogP contribution is 2.40. The standard InChI is InChI=1S/C20H21N3O/c1-23-18(24)20(22-19(23)21,16-9-3-2-4-10-16)17-12-11-14-7-5-6-8-15(14)13-17/h2-4,9-13H,5-8H2,1H3,(H2,21,22). The van der Waals surface area contributed by atoms with Gasteiger partial charge in [0.2, 0.25) is 0 Å². The van der Waals surface area contributed by atoms with Gasteiger partial charge < -0.3 is 5.73 Å². The molecule has 4 nitrogen and oxygen atoms in total. The Morgan fingerprint density at radius 3 is 2.38 bits per heavy atom. The summed E-state index contributed by atoms with van der Waals surface area (Å²) in [6, 6.07) is 16.1. The SMILES string of the molecule is CN1C(=O)C(c2ccccc2)(c2ccc3c(c2)CCCC3)N=C1N. The van der Waals surface area contributed by atoms with Gasteiger partial charge in [0.1, 0.15) is 0 Å². The number of hydrogen-bond acceptors (Lipinski definition) is 3. The third-order valence-electron chi connectivity index (χ3n) is 5.20. The molecule has 0 spiro atoms. The van der Waals surface area contributed by atoms with Gasteiger partial charge >= 0.3 is 0 Å². The molecule has 2 aromatic rings. The van der Waals surface area contributed by atoms with Crippen LogP contribution in [0, 0.1) is 0 Å². The maximum Gasteiger partial charge on any atom is 0.266 e. The number of fused-ring (bicyclic) bond motifs is 1. The highest BCUT2D eigenvalue weighted by Gasteiger charge is 2.49. The predicted molar refractivity (Wildman–Crippen MR) is 94.7 cm³/mol. The monoisotopic (exact) mass is 319 g/mol. The molecule has 1 aliphatic carbocycles. The molecule has 2 aromatic carbocycles. The van der Waals surface area contributed by atoms with E-state index in [2.05, 4.69) is 17.1 Å². The van der Waals surface area contributed by atoms with E-state index in [0.717, 1.165) is 24.0 Å². The zero-order valence-corrected chi connectivity index (χ0v) is 13.8. The van der Waals surface area contributed by atoms with Gasteiger partial charge in [-0.2, -0.15) is 0 Å². The first kappa shape index (κ1) is 14.9. The van der Waals surface area contributed by atoms with E-state index in [9.17, 15) is 4.79 Å². The van der Waals surface area contributed by atoms with Crippen LogP contribution in [-0.4, -0.2) is 23.8 Å². The summed E-state index contributed by atoms with van der Waals surface area (Å²) in [5, 5.41) is 0. The van der Waals surface area contributed by atoms with Gasteiger partial charge in [-0.25, -0.2) is 4.99 Å². The zero-order valence-electron chi connectivity index (χ0n) is 13.8. The van der Waals surface area contributed by atoms with Crippen molar-refractivity contribution < 1.29 is 4.79 Å². The van der Waals surface area contributed by atoms with E-state index in [1.54, 1.807) is 7.05 Å². The van der Waals surface area contributed by atoms with Gasteiger partial charge in [0.25, 0.3) is 5.91 Å². The molecule has 1 heterocycles. The van der Waals surface area contributed by atoms with Crippen LogP contribution in [0.2, 0.25) is 0 Å². The molecule has 0 fully saturated rings. The lowest BCUT2D eigenvalue weighted by Crippen LogP contribution is -2.41. The predicted octanol–water partition coefficient (Wildman–Crippen LogP) is 2.60. The van der Waals surface area contributed by atoms with E-state index in [-0.39, 0.29) is 11.9 Å². The number of carbonyl (C=O) groups excluding carboxylic acids is 1. The molecule has 1 aliphatic heterocycles. The van der Waals surface area contributed by atoms with Crippen molar-refractivity contribution in [3.8, 4) is 0 Å². The number of nitrogens with zero attached hydrogens (tertiary/aromatic N) is 2. The number of rotatable bonds is 2. The number of likely N-dealkylation sites (N-methyl/N-ethyl adjacent to an activating group) is 1. The fraction of sp³-hybridized carbons (Fsp3) is 0.300. The van der Waals surface area contributed by atoms with Crippen LogP contribution in [0.5, 0.6) is 0 Å². The Morgan fingerprint density at radius 2 is 1.71 bits per heavy atom. The number of hydrogen-bond donors (Lipinski definition) is 1. The third kappa shape index (κ3) is 2.06. The third-order valence-corrected chi connectivity index (χ3v) is 5.20. The first-order valence-corrected chi connectivity index (χ1v) is 8.44. The smallest absolute Gasteiger partial charge is 0.266 e. The van der Waals surface area contributed by atoms with Gasteiger partial charge in [0, 0.05) is 7.05 Å². The van der Waals surface area contributed by atoms with Crippen molar-refractivity contribution >= 4 is 11.9 Å². The average molecular weight is 319 g/mol. The van der Waals surface area contributed by atoms with Crippen LogP contribution in [0.4, 0.5) is 0 Å². The summed E-state index contributed by atoms with van der Waals surface area (Å²) in [5.41, 5.74) is 9.45. The van der Waals surface area contributed by atoms with Crippen molar-refractivity contribution in [3.05, 3.63) is 70.8 Å². The van der Waals surface area contributed by atoms with Crippen molar-refractivity contribution in [3.63, 3.8) is 0 Å². The van der Waals surface area contributed by atoms with Crippen LogP contribution in [0.15, 0.2) is 53.5 Å². The van der Waals surface area contributed by atoms with Crippen molar-refractivity contribution in [2.45, 2.75) is 31.2 Å². The Morgan fingerprint density at radius 1 is 1.00 bits per heavy atom. The molecule has 2 aliphatic rings. The fourth-order valence-corrected chi connectivity index (χ4v) is 3.82. The summed E-state index contributed by atoms with van der Waals surface area (Å²) < 4.78 is 0. The van der Waals surface area contributed by atoms with Gasteiger partial charge in [0.05, 0.1) is 0 Å². The molecule has 0 radical (unpaired) electrons. The van der Waals surface area contributed by atoms with E-state index >= 15 is 0 Å². The van der Waals surface area contributed by atoms with Crippen molar-refractivity contribution in [2.75, 3.05) is 7.05 Å². The first-order valence-electron chi connectivity index (χ1n) is 8.44. The maximum absolute atomic E-state index is 13.1. The Balaban J connectivity index is 1.94. The fourth-order valence-electron chi connectivity index (χ4n) is 3.82. The zero-order chi connectivity index (χ0) is 16.7. The number of aliphatic imine (C=N–C) groups is 1. The van der Waals surface area contributed by atoms with Crippen molar-refractivity contribution in [1.82, 2.24) is 4.90 Å². The van der Waals surface area contributed by atoms with Gasteiger partial charge in [0.15, 0.2) is 11.5 Å². The number of carbonyl (C=O) groups is 1. The largest absolute Gasteiger partial charge is 0.369 e. The van der Waals surface area contributed by atoms with Crippen LogP contribution in [0.25, 0.3) is 0 Å². The number of benzene rings is 2. The second kappa shape index (κ2) is 5.48. The molecule has 2 N–H and O–H groups in total. The molecule has 1 unspecified atom stereocenters. The first-order chi connectivity index (χ1) is 11.6. The Hall–Kier alpha value is -2.62. The van der Waals surface area contributed by atoms with E-state index in [0.29, 0.717) is 0 Å². The number of aryl methyl sites for hydroxylation is 2. The van der Waals surface area contributed by atoms with E-state index in [1.807, 2.05) is 36.4 Å². The van der Waals surface area contributed by atoms with Crippen LogP contribution in [0.1, 0.15) is 35.1 Å². The summed E-state index contributed by atoms with van der Waals surface area (Å²) in [6.45, 7) is 0.